The van der Waals surface area contributed by atoms with Crippen molar-refractivity contribution in [2.75, 3.05) is 6.61 Å². The Hall–Kier alpha value is -1.42. The normalized spacial score (nSPS) is 14.5. The van der Waals surface area contributed by atoms with Crippen LogP contribution in [0.25, 0.3) is 0 Å². The molecule has 0 radical (unpaired) electrons. The van der Waals surface area contributed by atoms with Crippen molar-refractivity contribution in [3.8, 4) is 5.75 Å². The Morgan fingerprint density at radius 3 is 2.65 bits per heavy atom. The number of fused-ring (bicyclic) bond motifs is 1. The minimum Gasteiger partial charge on any atom is -0.493 e. The third-order valence-corrected chi connectivity index (χ3v) is 2.70. The van der Waals surface area contributed by atoms with Crippen LogP contribution < -0.4 is 10.5 Å². The first-order valence-electron chi connectivity index (χ1n) is 5.52. The van der Waals surface area contributed by atoms with Gasteiger partial charge >= 0.3 is 0 Å². The van der Waals surface area contributed by atoms with Crippen LogP contribution in [0.3, 0.4) is 0 Å². The van der Waals surface area contributed by atoms with Gasteiger partial charge in [-0.2, -0.15) is 0 Å². The van der Waals surface area contributed by atoms with E-state index >= 15 is 0 Å². The Kier molecular flexibility index (Phi) is 2.91. The van der Waals surface area contributed by atoms with Gasteiger partial charge in [-0.25, -0.2) is 4.99 Å². The molecule has 0 atom stereocenters. The van der Waals surface area contributed by atoms with Crippen LogP contribution in [0.15, 0.2) is 23.2 Å². The van der Waals surface area contributed by atoms with Gasteiger partial charge in [0.25, 0.3) is 0 Å². The Bertz CT molecular complexity index is 501. The predicted octanol–water partition coefficient (Wildman–Crippen LogP) is 2.51. The van der Waals surface area contributed by atoms with Gasteiger partial charge in [-0.05, 0) is 23.6 Å². The average molecular weight is 248 g/mol. The highest BCUT2D eigenvalue weighted by Gasteiger charge is 2.19. The van der Waals surface area contributed by atoms with Gasteiger partial charge in [0.1, 0.15) is 16.6 Å². The second-order valence-corrected chi connectivity index (χ2v) is 5.75. The van der Waals surface area contributed by atoms with E-state index < -0.39 is 0 Å². The van der Waals surface area contributed by atoms with Gasteiger partial charge in [0.15, 0.2) is 0 Å². The third kappa shape index (κ3) is 2.64. The number of amidine groups is 1. The summed E-state index contributed by atoms with van der Waals surface area (Å²) in [6.07, 6.45) is 0. The van der Waals surface area contributed by atoms with Crippen LogP contribution in [0, 0.1) is 5.41 Å². The van der Waals surface area contributed by atoms with Crippen LogP contribution >= 0.6 is 12.2 Å². The van der Waals surface area contributed by atoms with Crippen LogP contribution in [0.4, 0.5) is 0 Å². The van der Waals surface area contributed by atoms with Crippen LogP contribution in [-0.2, 0) is 0 Å². The molecular formula is C13H16N2OS. The fourth-order valence-corrected chi connectivity index (χ4v) is 1.82. The molecule has 0 saturated heterocycles. The number of nitrogens with two attached hydrogens (primary N) is 1. The lowest BCUT2D eigenvalue weighted by Crippen LogP contribution is -2.17. The van der Waals surface area contributed by atoms with Crippen molar-refractivity contribution in [2.24, 2.45) is 16.1 Å². The van der Waals surface area contributed by atoms with Gasteiger partial charge in [0.05, 0.1) is 6.61 Å². The van der Waals surface area contributed by atoms with Crippen molar-refractivity contribution in [3.05, 3.63) is 29.3 Å². The van der Waals surface area contributed by atoms with Crippen molar-refractivity contribution in [3.63, 3.8) is 0 Å². The van der Waals surface area contributed by atoms with E-state index in [4.69, 9.17) is 22.7 Å². The number of ether oxygens (including phenoxy) is 1. The molecule has 0 saturated carbocycles. The van der Waals surface area contributed by atoms with Crippen LogP contribution in [0.5, 0.6) is 5.75 Å². The molecule has 0 aromatic heterocycles. The zero-order valence-corrected chi connectivity index (χ0v) is 11.1. The molecule has 1 aromatic rings. The highest BCUT2D eigenvalue weighted by molar-refractivity contribution is 7.80. The van der Waals surface area contributed by atoms with Gasteiger partial charge < -0.3 is 10.5 Å². The average Bonchev–Trinajstić information content (AvgIpc) is 2.51. The molecular weight excluding hydrogens is 232 g/mol. The Morgan fingerprint density at radius 1 is 1.29 bits per heavy atom. The molecule has 17 heavy (non-hydrogen) atoms. The number of nitrogens with zero attached hydrogens (tertiary/aromatic N) is 1. The van der Waals surface area contributed by atoms with E-state index in [0.29, 0.717) is 17.4 Å². The fraction of sp³-hybridized carbons (Fsp3) is 0.385. The summed E-state index contributed by atoms with van der Waals surface area (Å²) in [5.74, 6) is 1.28. The first-order chi connectivity index (χ1) is 7.87. The van der Waals surface area contributed by atoms with Crippen molar-refractivity contribution >= 4 is 23.0 Å². The van der Waals surface area contributed by atoms with E-state index in [-0.39, 0.29) is 5.41 Å². The molecule has 0 bridgehead atoms. The molecule has 3 nitrogen and oxygen atoms in total. The van der Waals surface area contributed by atoms with E-state index in [0.717, 1.165) is 16.9 Å². The molecule has 1 aliphatic heterocycles. The van der Waals surface area contributed by atoms with Gasteiger partial charge in [-0.1, -0.05) is 33.0 Å². The summed E-state index contributed by atoms with van der Waals surface area (Å²) in [5, 5.41) is 0. The smallest absolute Gasteiger partial charge is 0.136 e. The monoisotopic (exact) mass is 248 g/mol. The highest BCUT2D eigenvalue weighted by Crippen LogP contribution is 2.24. The molecule has 2 rings (SSSR count). The number of aliphatic imine (C=N–C) groups is 1. The molecule has 1 heterocycles. The summed E-state index contributed by atoms with van der Waals surface area (Å²) < 4.78 is 5.73. The summed E-state index contributed by atoms with van der Waals surface area (Å²) >= 11 is 5.11. The van der Waals surface area contributed by atoms with Gasteiger partial charge in [-0.3, -0.25) is 0 Å². The predicted molar refractivity (Wildman–Crippen MR) is 73.8 cm³/mol. The number of thiocarbonyl (C=S) groups is 1. The Morgan fingerprint density at radius 2 is 2.00 bits per heavy atom. The molecule has 0 spiro atoms. The Balaban J connectivity index is 2.21. The second-order valence-electron chi connectivity index (χ2n) is 5.36. The van der Waals surface area contributed by atoms with Crippen molar-refractivity contribution in [1.29, 1.82) is 0 Å². The first-order valence-corrected chi connectivity index (χ1v) is 5.93. The lowest BCUT2D eigenvalue weighted by molar-refractivity contribution is 0.198. The Labute approximate surface area is 107 Å². The van der Waals surface area contributed by atoms with Crippen molar-refractivity contribution in [2.45, 2.75) is 20.8 Å². The molecule has 0 fully saturated rings. The fourth-order valence-electron chi connectivity index (χ4n) is 1.54. The third-order valence-electron chi connectivity index (χ3n) is 2.39. The van der Waals surface area contributed by atoms with Crippen molar-refractivity contribution in [1.82, 2.24) is 0 Å². The van der Waals surface area contributed by atoms with E-state index in [1.54, 1.807) is 0 Å². The van der Waals surface area contributed by atoms with Gasteiger partial charge in [0, 0.05) is 11.1 Å². The number of hydrogen-bond acceptors (Lipinski definition) is 3. The zero-order chi connectivity index (χ0) is 12.6. The van der Waals surface area contributed by atoms with E-state index in [2.05, 4.69) is 25.8 Å². The molecule has 1 aromatic carbocycles. The van der Waals surface area contributed by atoms with Crippen molar-refractivity contribution < 1.29 is 4.74 Å². The molecule has 0 unspecified atom stereocenters. The first kappa shape index (κ1) is 12.0. The van der Waals surface area contributed by atoms with Gasteiger partial charge in [-0.15, -0.1) is 0 Å². The maximum absolute atomic E-state index is 5.79. The number of hydrogen-bond donors (Lipinski definition) is 1. The molecule has 2 N–H and O–H groups in total. The topological polar surface area (TPSA) is 47.6 Å². The summed E-state index contributed by atoms with van der Waals surface area (Å²) in [6.45, 7) is 7.05. The molecule has 90 valence electrons. The maximum atomic E-state index is 5.79. The minimum atomic E-state index is 0.133. The second kappa shape index (κ2) is 4.11. The van der Waals surface area contributed by atoms with Crippen LogP contribution in [0.2, 0.25) is 0 Å². The number of rotatable bonds is 2. The summed E-state index contributed by atoms with van der Waals surface area (Å²) in [7, 11) is 0. The zero-order valence-electron chi connectivity index (χ0n) is 10.3. The van der Waals surface area contributed by atoms with E-state index in [9.17, 15) is 0 Å². The summed E-state index contributed by atoms with van der Waals surface area (Å²) in [4.78, 5) is 4.63. The van der Waals surface area contributed by atoms with Crippen LogP contribution in [0.1, 0.15) is 31.9 Å². The maximum Gasteiger partial charge on any atom is 0.136 e. The quantitative estimate of drug-likeness (QED) is 0.818. The molecule has 1 aliphatic rings. The molecule has 0 amide bonds. The molecule has 0 aliphatic carbocycles. The summed E-state index contributed by atoms with van der Waals surface area (Å²) in [5.41, 5.74) is 7.72. The molecule has 4 heteroatoms. The standard InChI is InChI=1S/C13H16N2OS/c1-13(2,3)7-16-8-4-5-9-10(6-8)11(14)15-12(9)17/h4-6H,7H2,1-3H3,(H2,14,15,17). The minimum absolute atomic E-state index is 0.133. The lowest BCUT2D eigenvalue weighted by Gasteiger charge is -2.19. The SMILES string of the molecule is CC(C)(C)COc1ccc2c(c1)C(N)=NC2=S. The largest absolute Gasteiger partial charge is 0.493 e. The van der Waals surface area contributed by atoms with Gasteiger partial charge in [0.2, 0.25) is 0 Å². The lowest BCUT2D eigenvalue weighted by atomic mass is 9.98. The highest BCUT2D eigenvalue weighted by atomic mass is 32.1. The number of benzene rings is 1. The summed E-state index contributed by atoms with van der Waals surface area (Å²) in [6, 6.07) is 5.73. The van der Waals surface area contributed by atoms with E-state index in [1.807, 2.05) is 18.2 Å². The van der Waals surface area contributed by atoms with E-state index in [1.165, 1.54) is 0 Å². The van der Waals surface area contributed by atoms with Crippen LogP contribution in [-0.4, -0.2) is 17.4 Å².